The molecular weight excluding hydrogens is 192 g/mol. The maximum atomic E-state index is 9.35. The van der Waals surface area contributed by atoms with Crippen LogP contribution in [0.3, 0.4) is 0 Å². The average Bonchev–Trinajstić information content (AvgIpc) is 2.68. The number of nitrogens with zero attached hydrogens (tertiary/aromatic N) is 2. The largest absolute Gasteiger partial charge is 0.448 e. The SMILES string of the molecule is CC(O)c1coc(C2CCN(C)CC2)n1. The van der Waals surface area contributed by atoms with Gasteiger partial charge in [-0.25, -0.2) is 4.98 Å². The maximum absolute atomic E-state index is 9.35. The zero-order valence-corrected chi connectivity index (χ0v) is 9.31. The molecule has 84 valence electrons. The van der Waals surface area contributed by atoms with Crippen LogP contribution in [0.1, 0.15) is 43.4 Å². The van der Waals surface area contributed by atoms with Gasteiger partial charge in [-0.3, -0.25) is 0 Å². The van der Waals surface area contributed by atoms with E-state index in [1.165, 1.54) is 0 Å². The number of aromatic nitrogens is 1. The molecule has 1 aromatic heterocycles. The summed E-state index contributed by atoms with van der Waals surface area (Å²) < 4.78 is 5.41. The van der Waals surface area contributed by atoms with Crippen molar-refractivity contribution >= 4 is 0 Å². The summed E-state index contributed by atoms with van der Waals surface area (Å²) in [4.78, 5) is 6.64. The monoisotopic (exact) mass is 210 g/mol. The van der Waals surface area contributed by atoms with Gasteiger partial charge in [-0.15, -0.1) is 0 Å². The van der Waals surface area contributed by atoms with Gasteiger partial charge in [0.1, 0.15) is 12.0 Å². The molecule has 4 heteroatoms. The third kappa shape index (κ3) is 2.38. The number of aliphatic hydroxyl groups excluding tert-OH is 1. The van der Waals surface area contributed by atoms with Crippen molar-refractivity contribution in [3.63, 3.8) is 0 Å². The summed E-state index contributed by atoms with van der Waals surface area (Å²) in [6.45, 7) is 3.89. The second-order valence-corrected chi connectivity index (χ2v) is 4.36. The predicted molar refractivity (Wildman–Crippen MR) is 56.6 cm³/mol. The first-order valence-electron chi connectivity index (χ1n) is 5.48. The molecule has 1 aliphatic rings. The van der Waals surface area contributed by atoms with E-state index in [-0.39, 0.29) is 0 Å². The van der Waals surface area contributed by atoms with Crippen LogP contribution in [-0.4, -0.2) is 35.1 Å². The average molecular weight is 210 g/mol. The molecular formula is C11H18N2O2. The van der Waals surface area contributed by atoms with Gasteiger partial charge in [0.05, 0.1) is 6.10 Å². The van der Waals surface area contributed by atoms with Crippen molar-refractivity contribution in [3.05, 3.63) is 17.8 Å². The third-order valence-corrected chi connectivity index (χ3v) is 3.04. The minimum absolute atomic E-state index is 0.425. The van der Waals surface area contributed by atoms with Crippen molar-refractivity contribution in [2.45, 2.75) is 31.8 Å². The molecule has 0 radical (unpaired) electrons. The summed E-state index contributed by atoms with van der Waals surface area (Å²) in [5.74, 6) is 1.22. The van der Waals surface area contributed by atoms with Crippen molar-refractivity contribution in [1.82, 2.24) is 9.88 Å². The van der Waals surface area contributed by atoms with E-state index < -0.39 is 6.10 Å². The molecule has 1 aliphatic heterocycles. The summed E-state index contributed by atoms with van der Waals surface area (Å²) in [6, 6.07) is 0. The highest BCUT2D eigenvalue weighted by molar-refractivity contribution is 5.04. The first-order valence-corrected chi connectivity index (χ1v) is 5.48. The minimum atomic E-state index is -0.534. The number of piperidine rings is 1. The predicted octanol–water partition coefficient (Wildman–Crippen LogP) is 1.54. The van der Waals surface area contributed by atoms with Crippen molar-refractivity contribution in [2.75, 3.05) is 20.1 Å². The Bertz CT molecular complexity index is 314. The van der Waals surface area contributed by atoms with Gasteiger partial charge in [0.25, 0.3) is 0 Å². The van der Waals surface area contributed by atoms with Gasteiger partial charge in [-0.05, 0) is 39.9 Å². The standard InChI is InChI=1S/C11H18N2O2/c1-8(14)10-7-15-11(12-10)9-3-5-13(2)6-4-9/h7-9,14H,3-6H2,1-2H3. The highest BCUT2D eigenvalue weighted by Crippen LogP contribution is 2.27. The fourth-order valence-corrected chi connectivity index (χ4v) is 1.94. The second kappa shape index (κ2) is 4.33. The molecule has 0 amide bonds. The Labute approximate surface area is 89.9 Å². The number of oxazole rings is 1. The Kier molecular flexibility index (Phi) is 3.07. The van der Waals surface area contributed by atoms with Gasteiger partial charge in [0.2, 0.25) is 0 Å². The Morgan fingerprint density at radius 3 is 2.73 bits per heavy atom. The lowest BCUT2D eigenvalue weighted by Gasteiger charge is -2.26. The summed E-state index contributed by atoms with van der Waals surface area (Å²) >= 11 is 0. The van der Waals surface area contributed by atoms with Crippen molar-refractivity contribution in [2.24, 2.45) is 0 Å². The maximum Gasteiger partial charge on any atom is 0.197 e. The Morgan fingerprint density at radius 1 is 1.53 bits per heavy atom. The van der Waals surface area contributed by atoms with Gasteiger partial charge < -0.3 is 14.4 Å². The lowest BCUT2D eigenvalue weighted by molar-refractivity contribution is 0.194. The van der Waals surface area contributed by atoms with Crippen LogP contribution < -0.4 is 0 Å². The quantitative estimate of drug-likeness (QED) is 0.804. The molecule has 1 aromatic rings. The van der Waals surface area contributed by atoms with Crippen LogP contribution in [0.15, 0.2) is 10.7 Å². The van der Waals surface area contributed by atoms with Crippen LogP contribution in [0.5, 0.6) is 0 Å². The zero-order valence-electron chi connectivity index (χ0n) is 9.31. The molecule has 2 heterocycles. The van der Waals surface area contributed by atoms with E-state index in [1.807, 2.05) is 0 Å². The van der Waals surface area contributed by atoms with Crippen LogP contribution in [0.25, 0.3) is 0 Å². The van der Waals surface area contributed by atoms with E-state index in [4.69, 9.17) is 4.42 Å². The van der Waals surface area contributed by atoms with Gasteiger partial charge in [0.15, 0.2) is 5.89 Å². The number of aliphatic hydroxyl groups is 1. The number of hydrogen-bond donors (Lipinski definition) is 1. The van der Waals surface area contributed by atoms with Crippen LogP contribution in [0.4, 0.5) is 0 Å². The van der Waals surface area contributed by atoms with E-state index in [1.54, 1.807) is 13.2 Å². The van der Waals surface area contributed by atoms with Gasteiger partial charge in [-0.1, -0.05) is 0 Å². The molecule has 0 bridgehead atoms. The minimum Gasteiger partial charge on any atom is -0.448 e. The molecule has 0 aromatic carbocycles. The third-order valence-electron chi connectivity index (χ3n) is 3.04. The lowest BCUT2D eigenvalue weighted by atomic mass is 9.97. The van der Waals surface area contributed by atoms with Crippen LogP contribution in [-0.2, 0) is 0 Å². The van der Waals surface area contributed by atoms with E-state index >= 15 is 0 Å². The lowest BCUT2D eigenvalue weighted by Crippen LogP contribution is -2.29. The highest BCUT2D eigenvalue weighted by Gasteiger charge is 2.23. The Hall–Kier alpha value is -0.870. The van der Waals surface area contributed by atoms with E-state index in [2.05, 4.69) is 16.9 Å². The topological polar surface area (TPSA) is 49.5 Å². The molecule has 0 saturated carbocycles. The number of rotatable bonds is 2. The summed E-state index contributed by atoms with van der Waals surface area (Å²) in [5, 5.41) is 9.35. The molecule has 15 heavy (non-hydrogen) atoms. The first kappa shape index (κ1) is 10.6. The van der Waals surface area contributed by atoms with Gasteiger partial charge in [-0.2, -0.15) is 0 Å². The van der Waals surface area contributed by atoms with Crippen LogP contribution >= 0.6 is 0 Å². The molecule has 1 atom stereocenters. The van der Waals surface area contributed by atoms with E-state index in [0.29, 0.717) is 11.6 Å². The van der Waals surface area contributed by atoms with E-state index in [9.17, 15) is 5.11 Å². The second-order valence-electron chi connectivity index (χ2n) is 4.36. The van der Waals surface area contributed by atoms with Crippen molar-refractivity contribution in [1.29, 1.82) is 0 Å². The van der Waals surface area contributed by atoms with Crippen LogP contribution in [0, 0.1) is 0 Å². The normalized spacial score (nSPS) is 21.8. The fraction of sp³-hybridized carbons (Fsp3) is 0.727. The van der Waals surface area contributed by atoms with Gasteiger partial charge >= 0.3 is 0 Å². The summed E-state index contributed by atoms with van der Waals surface area (Å²) in [5.41, 5.74) is 0.643. The van der Waals surface area contributed by atoms with Crippen molar-refractivity contribution < 1.29 is 9.52 Å². The van der Waals surface area contributed by atoms with E-state index in [0.717, 1.165) is 31.8 Å². The number of likely N-dealkylation sites (tertiary alicyclic amines) is 1. The molecule has 2 rings (SSSR count). The molecule has 4 nitrogen and oxygen atoms in total. The summed E-state index contributed by atoms with van der Waals surface area (Å²) in [7, 11) is 2.13. The fourth-order valence-electron chi connectivity index (χ4n) is 1.94. The summed E-state index contributed by atoms with van der Waals surface area (Å²) in [6.07, 6.45) is 3.22. The Balaban J connectivity index is 2.03. The van der Waals surface area contributed by atoms with Gasteiger partial charge in [0, 0.05) is 5.92 Å². The molecule has 1 N–H and O–H groups in total. The smallest absolute Gasteiger partial charge is 0.197 e. The molecule has 0 spiro atoms. The Morgan fingerprint density at radius 2 is 2.20 bits per heavy atom. The zero-order chi connectivity index (χ0) is 10.8. The number of hydrogen-bond acceptors (Lipinski definition) is 4. The van der Waals surface area contributed by atoms with Crippen LogP contribution in [0.2, 0.25) is 0 Å². The molecule has 1 fully saturated rings. The highest BCUT2D eigenvalue weighted by atomic mass is 16.3. The molecule has 0 aliphatic carbocycles. The first-order chi connectivity index (χ1) is 7.16. The molecule has 1 unspecified atom stereocenters. The molecule has 1 saturated heterocycles. The van der Waals surface area contributed by atoms with Crippen molar-refractivity contribution in [3.8, 4) is 0 Å².